The molecule has 1 aromatic carbocycles. The minimum absolute atomic E-state index is 0.0258. The number of carbonyl (C=O) groups excluding carboxylic acids is 1. The van der Waals surface area contributed by atoms with Crippen LogP contribution in [-0.4, -0.2) is 50.4 Å². The largest absolute Gasteiger partial charge is 0.444 e. The van der Waals surface area contributed by atoms with Crippen molar-refractivity contribution in [2.75, 3.05) is 27.7 Å². The molecule has 0 aliphatic heterocycles. The SMILES string of the molecule is COCO[C@@H]1C(ON)c2ccccc2[C@H]1N(COC)C(=O)OC(C)(C)C. The zero-order chi connectivity index (χ0) is 19.3. The molecule has 26 heavy (non-hydrogen) atoms. The van der Waals surface area contributed by atoms with Gasteiger partial charge in [-0.05, 0) is 31.9 Å². The second-order valence-corrected chi connectivity index (χ2v) is 7.04. The fourth-order valence-corrected chi connectivity index (χ4v) is 3.09. The number of hydrogen-bond donors (Lipinski definition) is 1. The molecule has 2 N–H and O–H groups in total. The molecule has 0 spiro atoms. The van der Waals surface area contributed by atoms with E-state index in [1.165, 1.54) is 19.1 Å². The summed E-state index contributed by atoms with van der Waals surface area (Å²) < 4.78 is 21.7. The first kappa shape index (κ1) is 20.6. The fourth-order valence-electron chi connectivity index (χ4n) is 3.09. The van der Waals surface area contributed by atoms with Gasteiger partial charge in [0.2, 0.25) is 0 Å². The average molecular weight is 368 g/mol. The van der Waals surface area contributed by atoms with Gasteiger partial charge >= 0.3 is 6.09 Å². The lowest BCUT2D eigenvalue weighted by Gasteiger charge is -2.35. The lowest BCUT2D eigenvalue weighted by atomic mass is 10.1. The van der Waals surface area contributed by atoms with Crippen molar-refractivity contribution in [1.29, 1.82) is 0 Å². The van der Waals surface area contributed by atoms with Crippen LogP contribution in [0.1, 0.15) is 44.0 Å². The molecule has 0 fully saturated rings. The first-order valence-corrected chi connectivity index (χ1v) is 8.37. The number of nitrogens with zero attached hydrogens (tertiary/aromatic N) is 1. The molecule has 0 saturated heterocycles. The van der Waals surface area contributed by atoms with Crippen molar-refractivity contribution in [2.45, 2.75) is 44.6 Å². The van der Waals surface area contributed by atoms with Crippen LogP contribution in [0.15, 0.2) is 24.3 Å². The highest BCUT2D eigenvalue weighted by Crippen LogP contribution is 2.45. The summed E-state index contributed by atoms with van der Waals surface area (Å²) in [4.78, 5) is 19.5. The zero-order valence-electron chi connectivity index (χ0n) is 15.9. The molecule has 0 heterocycles. The van der Waals surface area contributed by atoms with Crippen LogP contribution in [0.25, 0.3) is 0 Å². The summed E-state index contributed by atoms with van der Waals surface area (Å²) in [7, 11) is 3.04. The number of hydrogen-bond acceptors (Lipinski definition) is 7. The highest BCUT2D eigenvalue weighted by Gasteiger charge is 2.47. The minimum Gasteiger partial charge on any atom is -0.444 e. The summed E-state index contributed by atoms with van der Waals surface area (Å²) in [5, 5.41) is 0. The Kier molecular flexibility index (Phi) is 6.96. The fraction of sp³-hybridized carbons (Fsp3) is 0.611. The molecule has 1 aromatic rings. The predicted octanol–water partition coefficient (Wildman–Crippen LogP) is 2.50. The summed E-state index contributed by atoms with van der Waals surface area (Å²) in [6.07, 6.45) is -1.63. The lowest BCUT2D eigenvalue weighted by Crippen LogP contribution is -2.44. The van der Waals surface area contributed by atoms with Crippen LogP contribution in [0.5, 0.6) is 0 Å². The Labute approximate surface area is 154 Å². The molecule has 0 radical (unpaired) electrons. The van der Waals surface area contributed by atoms with Gasteiger partial charge in [0.1, 0.15) is 31.3 Å². The van der Waals surface area contributed by atoms with Crippen molar-refractivity contribution in [3.05, 3.63) is 35.4 Å². The summed E-state index contributed by atoms with van der Waals surface area (Å²) >= 11 is 0. The number of amides is 1. The van der Waals surface area contributed by atoms with Crippen LogP contribution < -0.4 is 5.90 Å². The molecule has 1 aliphatic carbocycles. The molecular weight excluding hydrogens is 340 g/mol. The summed E-state index contributed by atoms with van der Waals surface area (Å²) in [5.41, 5.74) is 1.08. The van der Waals surface area contributed by atoms with Gasteiger partial charge in [-0.3, -0.25) is 9.74 Å². The Morgan fingerprint density at radius 2 is 1.81 bits per heavy atom. The van der Waals surface area contributed by atoms with Crippen LogP contribution in [0.2, 0.25) is 0 Å². The highest BCUT2D eigenvalue weighted by atomic mass is 16.7. The summed E-state index contributed by atoms with van der Waals surface area (Å²) in [5.74, 6) is 5.54. The Bertz CT molecular complexity index is 604. The third-order valence-electron chi connectivity index (χ3n) is 3.99. The van der Waals surface area contributed by atoms with Gasteiger partial charge < -0.3 is 18.9 Å². The number of ether oxygens (including phenoxy) is 4. The van der Waals surface area contributed by atoms with Crippen LogP contribution >= 0.6 is 0 Å². The molecule has 8 nitrogen and oxygen atoms in total. The average Bonchev–Trinajstić information content (AvgIpc) is 2.89. The van der Waals surface area contributed by atoms with Gasteiger partial charge in [0.05, 0.1) is 6.04 Å². The van der Waals surface area contributed by atoms with E-state index in [4.69, 9.17) is 29.7 Å². The molecule has 0 aromatic heterocycles. The molecule has 146 valence electrons. The van der Waals surface area contributed by atoms with Gasteiger partial charge in [0, 0.05) is 14.2 Å². The van der Waals surface area contributed by atoms with Crippen LogP contribution in [0, 0.1) is 0 Å². The Morgan fingerprint density at radius 1 is 1.15 bits per heavy atom. The summed E-state index contributed by atoms with van der Waals surface area (Å²) in [6, 6.07) is 7.09. The maximum absolute atomic E-state index is 12.8. The van der Waals surface area contributed by atoms with Crippen LogP contribution in [0.3, 0.4) is 0 Å². The Morgan fingerprint density at radius 3 is 2.35 bits per heavy atom. The Hall–Kier alpha value is -1.71. The molecule has 0 saturated carbocycles. The molecule has 8 heteroatoms. The van der Waals surface area contributed by atoms with E-state index in [2.05, 4.69) is 0 Å². The number of fused-ring (bicyclic) bond motifs is 1. The number of benzene rings is 1. The normalized spacial score (nSPS) is 22.2. The predicted molar refractivity (Wildman–Crippen MR) is 93.9 cm³/mol. The third kappa shape index (κ3) is 4.52. The van der Waals surface area contributed by atoms with E-state index in [0.717, 1.165) is 11.1 Å². The van der Waals surface area contributed by atoms with Gasteiger partial charge in [-0.15, -0.1) is 0 Å². The van der Waals surface area contributed by atoms with E-state index in [1.54, 1.807) is 0 Å². The van der Waals surface area contributed by atoms with Gasteiger partial charge in [-0.25, -0.2) is 10.7 Å². The quantitative estimate of drug-likeness (QED) is 0.584. The second kappa shape index (κ2) is 8.79. The van der Waals surface area contributed by atoms with E-state index in [9.17, 15) is 4.79 Å². The van der Waals surface area contributed by atoms with Crippen molar-refractivity contribution < 1.29 is 28.6 Å². The van der Waals surface area contributed by atoms with E-state index in [-0.39, 0.29) is 13.5 Å². The number of rotatable bonds is 7. The first-order chi connectivity index (χ1) is 12.3. The smallest absolute Gasteiger partial charge is 0.412 e. The van der Waals surface area contributed by atoms with Crippen molar-refractivity contribution >= 4 is 6.09 Å². The lowest BCUT2D eigenvalue weighted by molar-refractivity contribution is -0.153. The van der Waals surface area contributed by atoms with Gasteiger partial charge in [0.25, 0.3) is 0 Å². The molecule has 1 unspecified atom stereocenters. The molecular formula is C18H28N2O6. The van der Waals surface area contributed by atoms with E-state index in [0.29, 0.717) is 0 Å². The molecule has 0 bridgehead atoms. The minimum atomic E-state index is -0.645. The third-order valence-corrected chi connectivity index (χ3v) is 3.99. The van der Waals surface area contributed by atoms with Crippen molar-refractivity contribution in [3.8, 4) is 0 Å². The highest BCUT2D eigenvalue weighted by molar-refractivity contribution is 5.69. The van der Waals surface area contributed by atoms with Gasteiger partial charge in [-0.2, -0.15) is 0 Å². The molecule has 1 aliphatic rings. The molecule has 2 rings (SSSR count). The molecule has 3 atom stereocenters. The second-order valence-electron chi connectivity index (χ2n) is 7.04. The number of carbonyl (C=O) groups is 1. The maximum Gasteiger partial charge on any atom is 0.412 e. The standard InChI is InChI=1S/C18H28N2O6/c1-18(2,3)25-17(21)20(10-22-4)14-12-8-6-7-9-13(12)15(26-19)16(14)24-11-23-5/h6-9,14-16H,10-11,19H2,1-5H3/t14-,15?,16+/m1/s1. The van der Waals surface area contributed by atoms with Gasteiger partial charge in [-0.1, -0.05) is 24.3 Å². The summed E-state index contributed by atoms with van der Waals surface area (Å²) in [6.45, 7) is 5.48. The van der Waals surface area contributed by atoms with E-state index in [1.807, 2.05) is 45.0 Å². The van der Waals surface area contributed by atoms with Crippen LogP contribution in [0.4, 0.5) is 4.79 Å². The monoisotopic (exact) mass is 368 g/mol. The van der Waals surface area contributed by atoms with Crippen molar-refractivity contribution in [1.82, 2.24) is 4.90 Å². The Balaban J connectivity index is 2.43. The van der Waals surface area contributed by atoms with Gasteiger partial charge in [0.15, 0.2) is 0 Å². The van der Waals surface area contributed by atoms with E-state index < -0.39 is 29.9 Å². The first-order valence-electron chi connectivity index (χ1n) is 8.37. The topological polar surface area (TPSA) is 92.5 Å². The van der Waals surface area contributed by atoms with Crippen molar-refractivity contribution in [2.24, 2.45) is 5.90 Å². The molecule has 1 amide bonds. The number of nitrogens with two attached hydrogens (primary N) is 1. The number of methoxy groups -OCH3 is 2. The van der Waals surface area contributed by atoms with Crippen molar-refractivity contribution in [3.63, 3.8) is 0 Å². The van der Waals surface area contributed by atoms with Crippen LogP contribution in [-0.2, 0) is 23.8 Å². The zero-order valence-corrected chi connectivity index (χ0v) is 15.9. The van der Waals surface area contributed by atoms with E-state index >= 15 is 0 Å². The maximum atomic E-state index is 12.8.